The predicted octanol–water partition coefficient (Wildman–Crippen LogP) is 3.64. The summed E-state index contributed by atoms with van der Waals surface area (Å²) in [6.45, 7) is 7.36. The monoisotopic (exact) mass is 250 g/mol. The Morgan fingerprint density at radius 1 is 1.12 bits per heavy atom. The average Bonchev–Trinajstić information content (AvgIpc) is 2.25. The van der Waals surface area contributed by atoms with Gasteiger partial charge in [0.05, 0.1) is 18.8 Å². The highest BCUT2D eigenvalue weighted by Gasteiger charge is 2.35. The molecular weight excluding hydrogens is 226 g/mol. The Kier molecular flexibility index (Phi) is 5.80. The van der Waals surface area contributed by atoms with Crippen molar-refractivity contribution >= 4 is 0 Å². The first-order valence-corrected chi connectivity index (χ1v) is 6.50. The number of hydrogen-bond donors (Lipinski definition) is 0. The van der Waals surface area contributed by atoms with Crippen molar-refractivity contribution in [3.05, 3.63) is 0 Å². The highest BCUT2D eigenvalue weighted by molar-refractivity contribution is 4.78. The van der Waals surface area contributed by atoms with Crippen LogP contribution in [-0.4, -0.2) is 31.3 Å². The van der Waals surface area contributed by atoms with Crippen molar-refractivity contribution in [1.82, 2.24) is 0 Å². The van der Waals surface area contributed by atoms with Crippen molar-refractivity contribution in [3.63, 3.8) is 0 Å². The van der Waals surface area contributed by atoms with Gasteiger partial charge in [-0.25, -0.2) is 8.78 Å². The number of rotatable bonds is 6. The first kappa shape index (κ1) is 14.8. The van der Waals surface area contributed by atoms with Gasteiger partial charge < -0.3 is 9.47 Å². The molecule has 2 nitrogen and oxygen atoms in total. The van der Waals surface area contributed by atoms with Gasteiger partial charge in [0.15, 0.2) is 0 Å². The van der Waals surface area contributed by atoms with Gasteiger partial charge in [0.2, 0.25) is 5.92 Å². The Balaban J connectivity index is 2.10. The smallest absolute Gasteiger partial charge is 0.248 e. The highest BCUT2D eigenvalue weighted by Crippen LogP contribution is 2.34. The Hall–Kier alpha value is -0.220. The van der Waals surface area contributed by atoms with E-state index < -0.39 is 5.92 Å². The van der Waals surface area contributed by atoms with Crippen LogP contribution in [0.2, 0.25) is 0 Å². The van der Waals surface area contributed by atoms with Crippen molar-refractivity contribution in [1.29, 1.82) is 0 Å². The molecule has 0 amide bonds. The van der Waals surface area contributed by atoms with E-state index in [1.54, 1.807) is 0 Å². The molecule has 0 radical (unpaired) electrons. The van der Waals surface area contributed by atoms with Crippen LogP contribution in [0.1, 0.15) is 46.5 Å². The van der Waals surface area contributed by atoms with Gasteiger partial charge >= 0.3 is 0 Å². The van der Waals surface area contributed by atoms with Gasteiger partial charge in [0.1, 0.15) is 0 Å². The Labute approximate surface area is 103 Å². The summed E-state index contributed by atoms with van der Waals surface area (Å²) in [5.74, 6) is -1.97. The Morgan fingerprint density at radius 3 is 2.24 bits per heavy atom. The molecule has 102 valence electrons. The van der Waals surface area contributed by atoms with Gasteiger partial charge in [-0.2, -0.15) is 0 Å². The Morgan fingerprint density at radius 2 is 1.71 bits per heavy atom. The van der Waals surface area contributed by atoms with Gasteiger partial charge in [-0.15, -0.1) is 0 Å². The van der Waals surface area contributed by atoms with E-state index in [1.807, 2.05) is 6.92 Å². The van der Waals surface area contributed by atoms with Gasteiger partial charge in [0.25, 0.3) is 0 Å². The van der Waals surface area contributed by atoms with E-state index in [0.717, 1.165) is 0 Å². The minimum absolute atomic E-state index is 0.0141. The predicted molar refractivity (Wildman–Crippen MR) is 63.4 cm³/mol. The molecule has 0 aromatic carbocycles. The third-order valence-corrected chi connectivity index (χ3v) is 2.94. The summed E-state index contributed by atoms with van der Waals surface area (Å²) in [6, 6.07) is 0. The Bertz CT molecular complexity index is 209. The van der Waals surface area contributed by atoms with Crippen LogP contribution in [0.4, 0.5) is 8.78 Å². The van der Waals surface area contributed by atoms with Crippen molar-refractivity contribution < 1.29 is 18.3 Å². The molecule has 0 heterocycles. The average molecular weight is 250 g/mol. The van der Waals surface area contributed by atoms with Crippen LogP contribution in [0, 0.1) is 5.92 Å². The van der Waals surface area contributed by atoms with E-state index in [-0.39, 0.29) is 25.0 Å². The standard InChI is InChI=1S/C13H24F2O2/c1-10(2)8-16-11(3)9-17-12-4-6-13(14,15)7-5-12/h10-12H,4-9H2,1-3H3. The lowest BCUT2D eigenvalue weighted by atomic mass is 9.94. The molecule has 0 N–H and O–H groups in total. The van der Waals surface area contributed by atoms with E-state index in [2.05, 4.69) is 13.8 Å². The lowest BCUT2D eigenvalue weighted by Gasteiger charge is -2.29. The van der Waals surface area contributed by atoms with Crippen LogP contribution in [0.15, 0.2) is 0 Å². The van der Waals surface area contributed by atoms with Gasteiger partial charge in [0, 0.05) is 19.4 Å². The van der Waals surface area contributed by atoms with Gasteiger partial charge in [-0.05, 0) is 25.7 Å². The van der Waals surface area contributed by atoms with Crippen molar-refractivity contribution in [2.75, 3.05) is 13.2 Å². The first-order valence-electron chi connectivity index (χ1n) is 6.50. The summed E-state index contributed by atoms with van der Waals surface area (Å²) < 4.78 is 37.0. The minimum atomic E-state index is -2.47. The number of ether oxygens (including phenoxy) is 2. The molecule has 0 spiro atoms. The second kappa shape index (κ2) is 6.64. The number of hydrogen-bond acceptors (Lipinski definition) is 2. The molecule has 1 rings (SSSR count). The zero-order valence-electron chi connectivity index (χ0n) is 11.0. The van der Waals surface area contributed by atoms with Crippen molar-refractivity contribution in [2.24, 2.45) is 5.92 Å². The maximum absolute atomic E-state index is 12.9. The molecule has 1 saturated carbocycles. The quantitative estimate of drug-likeness (QED) is 0.716. The van der Waals surface area contributed by atoms with Crippen LogP contribution in [0.3, 0.4) is 0 Å². The summed E-state index contributed by atoms with van der Waals surface area (Å²) in [5, 5.41) is 0. The second-order valence-electron chi connectivity index (χ2n) is 5.43. The van der Waals surface area contributed by atoms with Crippen molar-refractivity contribution in [3.8, 4) is 0 Å². The normalized spacial score (nSPS) is 22.9. The van der Waals surface area contributed by atoms with Crippen LogP contribution in [-0.2, 0) is 9.47 Å². The third-order valence-electron chi connectivity index (χ3n) is 2.94. The topological polar surface area (TPSA) is 18.5 Å². The molecule has 0 aromatic rings. The molecule has 1 atom stereocenters. The molecular formula is C13H24F2O2. The third kappa shape index (κ3) is 6.32. The number of halogens is 2. The van der Waals surface area contributed by atoms with E-state index in [1.165, 1.54) is 0 Å². The molecule has 0 aliphatic heterocycles. The lowest BCUT2D eigenvalue weighted by Crippen LogP contribution is -2.31. The zero-order chi connectivity index (χ0) is 12.9. The van der Waals surface area contributed by atoms with Crippen LogP contribution in [0.5, 0.6) is 0 Å². The van der Waals surface area contributed by atoms with Crippen LogP contribution in [0.25, 0.3) is 0 Å². The molecule has 0 aromatic heterocycles. The largest absolute Gasteiger partial charge is 0.376 e. The van der Waals surface area contributed by atoms with E-state index in [9.17, 15) is 8.78 Å². The molecule has 1 aliphatic carbocycles. The van der Waals surface area contributed by atoms with Gasteiger partial charge in [-0.1, -0.05) is 13.8 Å². The molecule has 0 saturated heterocycles. The summed E-state index contributed by atoms with van der Waals surface area (Å²) in [5.41, 5.74) is 0. The van der Waals surface area contributed by atoms with Crippen molar-refractivity contribution in [2.45, 2.75) is 64.6 Å². The zero-order valence-corrected chi connectivity index (χ0v) is 11.0. The summed E-state index contributed by atoms with van der Waals surface area (Å²) in [7, 11) is 0. The molecule has 1 fully saturated rings. The number of alkyl halides is 2. The lowest BCUT2D eigenvalue weighted by molar-refractivity contribution is -0.0983. The minimum Gasteiger partial charge on any atom is -0.376 e. The van der Waals surface area contributed by atoms with E-state index in [4.69, 9.17) is 9.47 Å². The maximum atomic E-state index is 12.9. The molecule has 1 unspecified atom stereocenters. The fourth-order valence-electron chi connectivity index (χ4n) is 1.86. The molecule has 4 heteroatoms. The van der Waals surface area contributed by atoms with Crippen LogP contribution < -0.4 is 0 Å². The molecule has 0 bridgehead atoms. The summed E-state index contributed by atoms with van der Waals surface area (Å²) in [4.78, 5) is 0. The fourth-order valence-corrected chi connectivity index (χ4v) is 1.86. The first-order chi connectivity index (χ1) is 7.89. The maximum Gasteiger partial charge on any atom is 0.248 e. The molecule has 17 heavy (non-hydrogen) atoms. The molecule has 1 aliphatic rings. The second-order valence-corrected chi connectivity index (χ2v) is 5.43. The highest BCUT2D eigenvalue weighted by atomic mass is 19.3. The van der Waals surface area contributed by atoms with E-state index >= 15 is 0 Å². The summed E-state index contributed by atoms with van der Waals surface area (Å²) in [6.07, 6.45) is 0.866. The van der Waals surface area contributed by atoms with E-state index in [0.29, 0.717) is 32.0 Å². The summed E-state index contributed by atoms with van der Waals surface area (Å²) >= 11 is 0. The van der Waals surface area contributed by atoms with Gasteiger partial charge in [-0.3, -0.25) is 0 Å². The fraction of sp³-hybridized carbons (Fsp3) is 1.00. The van der Waals surface area contributed by atoms with Crippen LogP contribution >= 0.6 is 0 Å². The SMILES string of the molecule is CC(C)COC(C)COC1CCC(F)(F)CC1.